The molecule has 0 heterocycles. The van der Waals surface area contributed by atoms with Gasteiger partial charge in [0.15, 0.2) is 11.6 Å². The Morgan fingerprint density at radius 3 is 1.11 bits per heavy atom. The number of ketones is 2. The molecule has 0 saturated heterocycles. The highest BCUT2D eigenvalue weighted by atomic mass is 16.1. The van der Waals surface area contributed by atoms with Gasteiger partial charge < -0.3 is 0 Å². The number of allylic oxidation sites excluding steroid dienone is 9. The number of carbonyl (C=O) groups is 2. The van der Waals surface area contributed by atoms with E-state index in [4.69, 9.17) is 0 Å². The van der Waals surface area contributed by atoms with Crippen LogP contribution in [0.25, 0.3) is 0 Å². The van der Waals surface area contributed by atoms with Gasteiger partial charge >= 0.3 is 0 Å². The predicted molar refractivity (Wildman–Crippen MR) is 126 cm³/mol. The number of hydrogen-bond acceptors (Lipinski definition) is 2. The van der Waals surface area contributed by atoms with Crippen molar-refractivity contribution in [3.8, 4) is 0 Å². The summed E-state index contributed by atoms with van der Waals surface area (Å²) in [5.41, 5.74) is 1.34. The molecule has 1 aliphatic carbocycles. The van der Waals surface area contributed by atoms with Crippen molar-refractivity contribution in [1.29, 1.82) is 0 Å². The molecule has 0 aliphatic heterocycles. The maximum atomic E-state index is 12.1. The van der Waals surface area contributed by atoms with Crippen molar-refractivity contribution < 1.29 is 9.59 Å². The van der Waals surface area contributed by atoms with Crippen LogP contribution < -0.4 is 0 Å². The summed E-state index contributed by atoms with van der Waals surface area (Å²) in [5.74, 6) is -0.424. The van der Waals surface area contributed by atoms with Gasteiger partial charge in [0.05, 0.1) is 0 Å². The summed E-state index contributed by atoms with van der Waals surface area (Å²) < 4.78 is 0. The summed E-state index contributed by atoms with van der Waals surface area (Å²) in [6, 6.07) is 0. The van der Waals surface area contributed by atoms with E-state index < -0.39 is 0 Å². The summed E-state index contributed by atoms with van der Waals surface area (Å²) >= 11 is 0. The molecule has 27 heavy (non-hydrogen) atoms. The van der Waals surface area contributed by atoms with Gasteiger partial charge in [-0.3, -0.25) is 9.59 Å². The van der Waals surface area contributed by atoms with E-state index in [1.165, 1.54) is 18.2 Å². The highest BCUT2D eigenvalue weighted by molar-refractivity contribution is 6.31. The van der Waals surface area contributed by atoms with E-state index in [1.54, 1.807) is 19.1 Å². The van der Waals surface area contributed by atoms with Crippen LogP contribution in [-0.2, 0) is 9.59 Å². The molecular weight excluding hydrogens is 332 g/mol. The molecule has 0 aromatic heterocycles. The molecule has 0 radical (unpaired) electrons. The van der Waals surface area contributed by atoms with Gasteiger partial charge in [0.25, 0.3) is 0 Å². The zero-order valence-corrected chi connectivity index (χ0v) is 19.8. The molecule has 1 rings (SSSR count). The van der Waals surface area contributed by atoms with Gasteiger partial charge in [-0.1, -0.05) is 119 Å². The fraction of sp³-hybridized carbons (Fsp3) is 0.440. The Hall–Kier alpha value is -2.22. The van der Waals surface area contributed by atoms with Crippen molar-refractivity contribution in [1.82, 2.24) is 0 Å². The SMILES string of the molecule is C=C/C=C1/C(=O)C(C=C)=C(C=C)C(=O)/C1=C/C.CC.CC.CC.CC.CC. The van der Waals surface area contributed by atoms with Gasteiger partial charge in [0, 0.05) is 22.3 Å². The standard InChI is InChI=1S/C15H14O2.5C2H6/c1-5-9-13-12(8-4)14(16)10(6-2)11(7-3)15(13)17;5*1-2/h5-9H,1-3H2,4H3;5*1-2H3/b12-8+,13-9+;;;;;. The average molecular weight is 377 g/mol. The molecule has 0 N–H and O–H groups in total. The molecule has 0 atom stereocenters. The van der Waals surface area contributed by atoms with Gasteiger partial charge in [-0.25, -0.2) is 0 Å². The van der Waals surface area contributed by atoms with Crippen LogP contribution in [0.15, 0.2) is 72.4 Å². The molecule has 0 unspecified atom stereocenters. The van der Waals surface area contributed by atoms with Crippen LogP contribution in [0.3, 0.4) is 0 Å². The third kappa shape index (κ3) is 11.9. The van der Waals surface area contributed by atoms with Crippen LogP contribution in [-0.4, -0.2) is 11.6 Å². The molecule has 2 nitrogen and oxygen atoms in total. The number of carbonyl (C=O) groups excluding carboxylic acids is 2. The van der Waals surface area contributed by atoms with Gasteiger partial charge in [0.1, 0.15) is 0 Å². The van der Waals surface area contributed by atoms with Crippen molar-refractivity contribution >= 4 is 11.6 Å². The number of hydrogen-bond donors (Lipinski definition) is 0. The summed E-state index contributed by atoms with van der Waals surface area (Å²) in [6.07, 6.45) is 7.44. The Kier molecular flexibility index (Phi) is 37.9. The van der Waals surface area contributed by atoms with E-state index in [2.05, 4.69) is 19.7 Å². The van der Waals surface area contributed by atoms with Crippen molar-refractivity contribution in [3.05, 3.63) is 72.4 Å². The third-order valence-electron chi connectivity index (χ3n) is 2.54. The maximum Gasteiger partial charge on any atom is 0.194 e. The first-order chi connectivity index (χ1) is 13.1. The summed E-state index contributed by atoms with van der Waals surface area (Å²) in [5, 5.41) is 0. The molecule has 0 bridgehead atoms. The highest BCUT2D eigenvalue weighted by Crippen LogP contribution is 2.29. The zero-order valence-electron chi connectivity index (χ0n) is 19.8. The minimum atomic E-state index is -0.220. The van der Waals surface area contributed by atoms with Crippen molar-refractivity contribution in [2.75, 3.05) is 0 Å². The highest BCUT2D eigenvalue weighted by Gasteiger charge is 2.31. The molecule has 0 saturated carbocycles. The number of Topliss-reactive ketones (excluding diaryl/α,β-unsaturated/α-hetero) is 2. The molecule has 2 heteroatoms. The van der Waals surface area contributed by atoms with Crippen LogP contribution in [0, 0.1) is 0 Å². The zero-order chi connectivity index (χ0) is 23.0. The minimum absolute atomic E-state index is 0.204. The Labute approximate surface area is 170 Å². The quantitative estimate of drug-likeness (QED) is 0.467. The monoisotopic (exact) mass is 376 g/mol. The Bertz CT molecular complexity index is 512. The lowest BCUT2D eigenvalue weighted by Gasteiger charge is -2.18. The van der Waals surface area contributed by atoms with Crippen LogP contribution >= 0.6 is 0 Å². The Morgan fingerprint density at radius 1 is 0.593 bits per heavy atom. The molecule has 0 aromatic carbocycles. The fourth-order valence-corrected chi connectivity index (χ4v) is 1.75. The van der Waals surface area contributed by atoms with E-state index in [-0.39, 0.29) is 11.6 Å². The molecule has 0 amide bonds. The largest absolute Gasteiger partial charge is 0.289 e. The lowest BCUT2D eigenvalue weighted by molar-refractivity contribution is -0.116. The summed E-state index contributed by atoms with van der Waals surface area (Å²) in [4.78, 5) is 24.3. The third-order valence-corrected chi connectivity index (χ3v) is 2.54. The second-order valence-electron chi connectivity index (χ2n) is 3.41. The molecular formula is C25H44O2. The molecule has 1 aliphatic rings. The van der Waals surface area contributed by atoms with Crippen molar-refractivity contribution in [2.45, 2.75) is 76.2 Å². The lowest BCUT2D eigenvalue weighted by Crippen LogP contribution is -2.23. The summed E-state index contributed by atoms with van der Waals surface area (Å²) in [6.45, 7) is 32.4. The Balaban J connectivity index is -0.000000139. The van der Waals surface area contributed by atoms with Crippen LogP contribution in [0.5, 0.6) is 0 Å². The van der Waals surface area contributed by atoms with Gasteiger partial charge in [-0.05, 0) is 6.92 Å². The first-order valence-electron chi connectivity index (χ1n) is 10.2. The van der Waals surface area contributed by atoms with Crippen LogP contribution in [0.1, 0.15) is 76.2 Å². The maximum absolute atomic E-state index is 12.1. The van der Waals surface area contributed by atoms with Gasteiger partial charge in [-0.2, -0.15) is 0 Å². The molecule has 0 aromatic rings. The topological polar surface area (TPSA) is 34.1 Å². The van der Waals surface area contributed by atoms with Crippen LogP contribution in [0.4, 0.5) is 0 Å². The fourth-order valence-electron chi connectivity index (χ4n) is 1.75. The normalized spacial score (nSPS) is 14.3. The predicted octanol–water partition coefficient (Wildman–Crippen LogP) is 8.00. The number of rotatable bonds is 3. The van der Waals surface area contributed by atoms with E-state index >= 15 is 0 Å². The lowest BCUT2D eigenvalue weighted by atomic mass is 9.81. The second-order valence-corrected chi connectivity index (χ2v) is 3.41. The minimum Gasteiger partial charge on any atom is -0.289 e. The smallest absolute Gasteiger partial charge is 0.194 e. The molecule has 0 fully saturated rings. The Morgan fingerprint density at radius 2 is 0.889 bits per heavy atom. The van der Waals surface area contributed by atoms with E-state index in [1.807, 2.05) is 69.2 Å². The molecule has 156 valence electrons. The van der Waals surface area contributed by atoms with Gasteiger partial charge in [-0.15, -0.1) is 0 Å². The molecule has 0 spiro atoms. The second kappa shape index (κ2) is 28.6. The van der Waals surface area contributed by atoms with Crippen molar-refractivity contribution in [2.24, 2.45) is 0 Å². The first-order valence-corrected chi connectivity index (χ1v) is 10.2. The van der Waals surface area contributed by atoms with Gasteiger partial charge in [0.2, 0.25) is 0 Å². The average Bonchev–Trinajstić information content (AvgIpc) is 2.77. The first kappa shape index (κ1) is 35.8. The summed E-state index contributed by atoms with van der Waals surface area (Å²) in [7, 11) is 0. The van der Waals surface area contributed by atoms with Crippen LogP contribution in [0.2, 0.25) is 0 Å². The van der Waals surface area contributed by atoms with Crippen molar-refractivity contribution in [3.63, 3.8) is 0 Å². The van der Waals surface area contributed by atoms with E-state index in [9.17, 15) is 9.59 Å². The van der Waals surface area contributed by atoms with E-state index in [0.717, 1.165) is 0 Å². The van der Waals surface area contributed by atoms with E-state index in [0.29, 0.717) is 22.3 Å².